The Morgan fingerprint density at radius 3 is 2.33 bits per heavy atom. The van der Waals surface area contributed by atoms with Crippen LogP contribution in [-0.2, 0) is 4.74 Å². The zero-order valence-electron chi connectivity index (χ0n) is 14.0. The van der Waals surface area contributed by atoms with Crippen LogP contribution >= 0.6 is 0 Å². The lowest BCUT2D eigenvalue weighted by Gasteiger charge is -2.24. The summed E-state index contributed by atoms with van der Waals surface area (Å²) in [5.74, 6) is -0.601. The molecule has 0 spiro atoms. The van der Waals surface area contributed by atoms with Crippen LogP contribution in [0.5, 0.6) is 0 Å². The van der Waals surface area contributed by atoms with Gasteiger partial charge in [-0.05, 0) is 53.5 Å². The fourth-order valence-corrected chi connectivity index (χ4v) is 2.01. The van der Waals surface area contributed by atoms with Crippen LogP contribution in [0, 0.1) is 13.8 Å². The lowest BCUT2D eigenvalue weighted by Crippen LogP contribution is -2.43. The predicted molar refractivity (Wildman–Crippen MR) is 82.7 cm³/mol. The number of hydrogen-bond acceptors (Lipinski definition) is 3. The van der Waals surface area contributed by atoms with Crippen molar-refractivity contribution >= 4 is 11.9 Å². The minimum atomic E-state index is -0.398. The summed E-state index contributed by atoms with van der Waals surface area (Å²) >= 11 is 0. The molecule has 0 unspecified atom stereocenters. The largest absolute Gasteiger partial charge is 0.459 e. The lowest BCUT2D eigenvalue weighted by atomic mass is 10.0. The molecule has 0 saturated heterocycles. The van der Waals surface area contributed by atoms with Gasteiger partial charge < -0.3 is 15.0 Å². The molecule has 0 radical (unpaired) electrons. The van der Waals surface area contributed by atoms with Gasteiger partial charge in [-0.15, -0.1) is 0 Å². The average molecular weight is 294 g/mol. The summed E-state index contributed by atoms with van der Waals surface area (Å²) in [6.07, 6.45) is 0.627. The van der Waals surface area contributed by atoms with Gasteiger partial charge in [0.05, 0.1) is 11.7 Å². The summed E-state index contributed by atoms with van der Waals surface area (Å²) in [5, 5.41) is 2.96. The van der Waals surface area contributed by atoms with Gasteiger partial charge in [0.15, 0.2) is 0 Å². The molecule has 0 fully saturated rings. The Labute approximate surface area is 126 Å². The van der Waals surface area contributed by atoms with Crippen molar-refractivity contribution in [1.29, 1.82) is 0 Å². The van der Waals surface area contributed by atoms with E-state index in [1.807, 2.05) is 20.8 Å². The van der Waals surface area contributed by atoms with Crippen LogP contribution in [0.25, 0.3) is 0 Å². The second-order valence-electron chi connectivity index (χ2n) is 6.27. The number of esters is 1. The van der Waals surface area contributed by atoms with Crippen LogP contribution in [0.2, 0.25) is 0 Å². The third-order valence-corrected chi connectivity index (χ3v) is 3.55. The number of rotatable bonds is 5. The number of H-pyrrole nitrogens is 1. The van der Waals surface area contributed by atoms with E-state index in [4.69, 9.17) is 4.74 Å². The molecule has 5 heteroatoms. The summed E-state index contributed by atoms with van der Waals surface area (Å²) < 4.78 is 5.22. The van der Waals surface area contributed by atoms with E-state index in [9.17, 15) is 9.59 Å². The first-order valence-electron chi connectivity index (χ1n) is 7.31. The van der Waals surface area contributed by atoms with Crippen LogP contribution < -0.4 is 5.32 Å². The number of nitrogens with one attached hydrogen (secondary N) is 2. The molecule has 0 saturated carbocycles. The summed E-state index contributed by atoms with van der Waals surface area (Å²) in [6.45, 7) is 13.1. The highest BCUT2D eigenvalue weighted by atomic mass is 16.5. The van der Waals surface area contributed by atoms with Crippen molar-refractivity contribution in [2.45, 2.75) is 66.5 Å². The van der Waals surface area contributed by atoms with Crippen molar-refractivity contribution in [3.05, 3.63) is 22.5 Å². The molecule has 0 aliphatic carbocycles. The molecule has 1 rings (SSSR count). The maximum Gasteiger partial charge on any atom is 0.340 e. The summed E-state index contributed by atoms with van der Waals surface area (Å²) in [7, 11) is 0. The maximum absolute atomic E-state index is 12.4. The number of carbonyl (C=O) groups excluding carboxylic acids is 2. The zero-order chi connectivity index (χ0) is 16.4. The van der Waals surface area contributed by atoms with E-state index in [0.717, 1.165) is 6.42 Å². The second-order valence-corrected chi connectivity index (χ2v) is 6.27. The molecule has 0 bridgehead atoms. The Kier molecular flexibility index (Phi) is 5.20. The Bertz CT molecular complexity index is 542. The molecule has 1 heterocycles. The number of ether oxygens (including phenoxy) is 1. The zero-order valence-corrected chi connectivity index (χ0v) is 14.0. The van der Waals surface area contributed by atoms with Gasteiger partial charge in [0.25, 0.3) is 5.91 Å². The molecule has 1 aromatic heterocycles. The number of aromatic nitrogens is 1. The molecule has 0 aliphatic rings. The Hall–Kier alpha value is -1.78. The third-order valence-electron chi connectivity index (χ3n) is 3.55. The van der Waals surface area contributed by atoms with Crippen LogP contribution in [0.1, 0.15) is 73.1 Å². The molecule has 1 aromatic rings. The van der Waals surface area contributed by atoms with Crippen LogP contribution in [0.15, 0.2) is 0 Å². The third kappa shape index (κ3) is 4.09. The first-order chi connectivity index (χ1) is 9.59. The average Bonchev–Trinajstić information content (AvgIpc) is 2.63. The first kappa shape index (κ1) is 17.3. The molecule has 0 aromatic carbocycles. The van der Waals surface area contributed by atoms with E-state index in [1.165, 1.54) is 0 Å². The molecular weight excluding hydrogens is 268 g/mol. The van der Waals surface area contributed by atoms with Gasteiger partial charge in [0, 0.05) is 11.2 Å². The minimum Gasteiger partial charge on any atom is -0.459 e. The van der Waals surface area contributed by atoms with Crippen molar-refractivity contribution < 1.29 is 14.3 Å². The van der Waals surface area contributed by atoms with E-state index in [2.05, 4.69) is 10.3 Å². The number of amides is 1. The quantitative estimate of drug-likeness (QED) is 0.820. The highest BCUT2D eigenvalue weighted by Crippen LogP contribution is 2.20. The maximum atomic E-state index is 12.4. The van der Waals surface area contributed by atoms with Crippen LogP contribution in [-0.4, -0.2) is 28.5 Å². The van der Waals surface area contributed by atoms with Gasteiger partial charge >= 0.3 is 5.97 Å². The number of aromatic amines is 1. The molecule has 1 amide bonds. The lowest BCUT2D eigenvalue weighted by molar-refractivity contribution is 0.0376. The predicted octanol–water partition coefficient (Wildman–Crippen LogP) is 3.12. The summed E-state index contributed by atoms with van der Waals surface area (Å²) in [4.78, 5) is 27.5. The summed E-state index contributed by atoms with van der Waals surface area (Å²) in [6, 6.07) is 0. The molecule has 118 valence electrons. The minimum absolute atomic E-state index is 0.192. The fourth-order valence-electron chi connectivity index (χ4n) is 2.01. The number of hydrogen-bond donors (Lipinski definition) is 2. The highest BCUT2D eigenvalue weighted by molar-refractivity contribution is 6.00. The van der Waals surface area contributed by atoms with Gasteiger partial charge in [0.1, 0.15) is 5.69 Å². The van der Waals surface area contributed by atoms with Crippen molar-refractivity contribution in [2.24, 2.45) is 0 Å². The number of carbonyl (C=O) groups is 2. The molecular formula is C16H26N2O3. The number of aryl methyl sites for hydroxylation is 1. The fraction of sp³-hybridized carbons (Fsp3) is 0.625. The van der Waals surface area contributed by atoms with Crippen molar-refractivity contribution in [3.63, 3.8) is 0 Å². The normalized spacial score (nSPS) is 11.6. The Morgan fingerprint density at radius 1 is 1.29 bits per heavy atom. The summed E-state index contributed by atoms with van der Waals surface area (Å²) in [5.41, 5.74) is 1.86. The Balaban J connectivity index is 3.07. The van der Waals surface area contributed by atoms with E-state index in [-0.39, 0.29) is 17.6 Å². The van der Waals surface area contributed by atoms with E-state index in [0.29, 0.717) is 22.5 Å². The topological polar surface area (TPSA) is 71.2 Å². The monoisotopic (exact) mass is 294 g/mol. The van der Waals surface area contributed by atoms with Crippen LogP contribution in [0.4, 0.5) is 0 Å². The van der Waals surface area contributed by atoms with Crippen molar-refractivity contribution in [1.82, 2.24) is 10.3 Å². The van der Waals surface area contributed by atoms with Gasteiger partial charge in [0.2, 0.25) is 0 Å². The second kappa shape index (κ2) is 6.33. The standard InChI is InChI=1S/C16H26N2O3/c1-8-16(6,7)18-14(19)13-10(4)12(11(5)17-13)15(20)21-9(2)3/h9,17H,8H2,1-7H3,(H,18,19). The van der Waals surface area contributed by atoms with Crippen molar-refractivity contribution in [2.75, 3.05) is 0 Å². The smallest absolute Gasteiger partial charge is 0.340 e. The van der Waals surface area contributed by atoms with Gasteiger partial charge in [-0.1, -0.05) is 6.92 Å². The molecule has 21 heavy (non-hydrogen) atoms. The van der Waals surface area contributed by atoms with E-state index < -0.39 is 5.97 Å². The first-order valence-corrected chi connectivity index (χ1v) is 7.31. The molecule has 0 aliphatic heterocycles. The van der Waals surface area contributed by atoms with Gasteiger partial charge in [-0.25, -0.2) is 4.79 Å². The highest BCUT2D eigenvalue weighted by Gasteiger charge is 2.26. The van der Waals surface area contributed by atoms with Gasteiger partial charge in [-0.2, -0.15) is 0 Å². The van der Waals surface area contributed by atoms with E-state index >= 15 is 0 Å². The van der Waals surface area contributed by atoms with Crippen molar-refractivity contribution in [3.8, 4) is 0 Å². The SMILES string of the molecule is CCC(C)(C)NC(=O)c1[nH]c(C)c(C(=O)OC(C)C)c1C. The Morgan fingerprint density at radius 2 is 1.86 bits per heavy atom. The van der Waals surface area contributed by atoms with E-state index in [1.54, 1.807) is 27.7 Å². The molecule has 5 nitrogen and oxygen atoms in total. The molecule has 0 atom stereocenters. The van der Waals surface area contributed by atoms with Crippen LogP contribution in [0.3, 0.4) is 0 Å². The van der Waals surface area contributed by atoms with Gasteiger partial charge in [-0.3, -0.25) is 4.79 Å². The molecule has 2 N–H and O–H groups in total.